The van der Waals surface area contributed by atoms with Crippen LogP contribution in [-0.4, -0.2) is 13.1 Å². The Bertz CT molecular complexity index is 283. The molecule has 98 valence electrons. The van der Waals surface area contributed by atoms with Crippen molar-refractivity contribution in [1.29, 1.82) is 0 Å². The van der Waals surface area contributed by atoms with Crippen molar-refractivity contribution in [3.8, 4) is 0 Å². The number of nitrogens with one attached hydrogen (secondary N) is 1. The van der Waals surface area contributed by atoms with Gasteiger partial charge in [0.05, 0.1) is 0 Å². The standard InChI is InChI=1S/C16H29N/c1-16(2)8-4-5-14(16)15(17-3)13-10-11-6-7-12(13)9-11/h11-15,17H,4-10H2,1-3H3. The van der Waals surface area contributed by atoms with Crippen molar-refractivity contribution < 1.29 is 0 Å². The molecule has 2 bridgehead atoms. The molecule has 0 spiro atoms. The third-order valence-corrected chi connectivity index (χ3v) is 6.36. The van der Waals surface area contributed by atoms with Gasteiger partial charge in [-0.1, -0.05) is 26.7 Å². The highest BCUT2D eigenvalue weighted by Gasteiger charge is 2.48. The van der Waals surface area contributed by atoms with Crippen LogP contribution in [0.5, 0.6) is 0 Å². The average Bonchev–Trinajstić information content (AvgIpc) is 2.96. The quantitative estimate of drug-likeness (QED) is 0.784. The summed E-state index contributed by atoms with van der Waals surface area (Å²) in [6, 6.07) is 0.808. The molecule has 0 heterocycles. The number of fused-ring (bicyclic) bond motifs is 2. The summed E-state index contributed by atoms with van der Waals surface area (Å²) in [5, 5.41) is 3.73. The molecule has 3 rings (SSSR count). The Kier molecular flexibility index (Phi) is 3.01. The van der Waals surface area contributed by atoms with Crippen molar-refractivity contribution >= 4 is 0 Å². The molecule has 0 aromatic rings. The minimum absolute atomic E-state index is 0.579. The molecule has 0 radical (unpaired) electrons. The second kappa shape index (κ2) is 4.26. The van der Waals surface area contributed by atoms with E-state index in [2.05, 4.69) is 26.2 Å². The molecule has 0 aromatic carbocycles. The Morgan fingerprint density at radius 2 is 1.94 bits per heavy atom. The molecule has 0 amide bonds. The molecule has 5 atom stereocenters. The van der Waals surface area contributed by atoms with Crippen LogP contribution < -0.4 is 5.32 Å². The fraction of sp³-hybridized carbons (Fsp3) is 1.00. The zero-order chi connectivity index (χ0) is 12.0. The summed E-state index contributed by atoms with van der Waals surface area (Å²) in [4.78, 5) is 0. The highest BCUT2D eigenvalue weighted by Crippen LogP contribution is 2.54. The van der Waals surface area contributed by atoms with E-state index in [1.807, 2.05) is 0 Å². The van der Waals surface area contributed by atoms with Crippen LogP contribution >= 0.6 is 0 Å². The van der Waals surface area contributed by atoms with Gasteiger partial charge in [-0.25, -0.2) is 0 Å². The third-order valence-electron chi connectivity index (χ3n) is 6.36. The predicted octanol–water partition coefficient (Wildman–Crippen LogP) is 3.84. The second-order valence-electron chi connectivity index (χ2n) is 7.64. The molecule has 5 unspecified atom stereocenters. The van der Waals surface area contributed by atoms with E-state index in [9.17, 15) is 0 Å². The van der Waals surface area contributed by atoms with E-state index in [0.717, 1.165) is 29.7 Å². The van der Waals surface area contributed by atoms with Gasteiger partial charge in [0.25, 0.3) is 0 Å². The van der Waals surface area contributed by atoms with Gasteiger partial charge in [-0.3, -0.25) is 0 Å². The van der Waals surface area contributed by atoms with E-state index in [1.54, 1.807) is 6.42 Å². The lowest BCUT2D eigenvalue weighted by molar-refractivity contribution is 0.128. The molecule has 1 N–H and O–H groups in total. The maximum absolute atomic E-state index is 3.73. The Morgan fingerprint density at radius 1 is 1.12 bits per heavy atom. The maximum atomic E-state index is 3.73. The van der Waals surface area contributed by atoms with Gasteiger partial charge in [-0.05, 0) is 68.2 Å². The van der Waals surface area contributed by atoms with E-state index in [-0.39, 0.29) is 0 Å². The van der Waals surface area contributed by atoms with Crippen molar-refractivity contribution in [2.24, 2.45) is 29.1 Å². The summed E-state index contributed by atoms with van der Waals surface area (Å²) < 4.78 is 0. The van der Waals surface area contributed by atoms with Gasteiger partial charge in [0.15, 0.2) is 0 Å². The van der Waals surface area contributed by atoms with E-state index >= 15 is 0 Å². The highest BCUT2D eigenvalue weighted by atomic mass is 14.9. The van der Waals surface area contributed by atoms with Crippen LogP contribution in [0.3, 0.4) is 0 Å². The largest absolute Gasteiger partial charge is 0.316 e. The molecular weight excluding hydrogens is 206 g/mol. The first-order chi connectivity index (χ1) is 8.12. The molecular formula is C16H29N. The first-order valence-electron chi connectivity index (χ1n) is 7.79. The van der Waals surface area contributed by atoms with Gasteiger partial charge in [-0.2, -0.15) is 0 Å². The minimum Gasteiger partial charge on any atom is -0.316 e. The van der Waals surface area contributed by atoms with Crippen LogP contribution in [0.2, 0.25) is 0 Å². The SMILES string of the molecule is CNC(C1CC2CCC1C2)C1CCCC1(C)C. The summed E-state index contributed by atoms with van der Waals surface area (Å²) in [5.41, 5.74) is 0.579. The zero-order valence-corrected chi connectivity index (χ0v) is 11.8. The van der Waals surface area contributed by atoms with Crippen molar-refractivity contribution in [3.63, 3.8) is 0 Å². The van der Waals surface area contributed by atoms with Crippen molar-refractivity contribution in [2.75, 3.05) is 7.05 Å². The number of hydrogen-bond donors (Lipinski definition) is 1. The summed E-state index contributed by atoms with van der Waals surface area (Å²) in [6.07, 6.45) is 10.5. The molecule has 17 heavy (non-hydrogen) atoms. The summed E-state index contributed by atoms with van der Waals surface area (Å²) >= 11 is 0. The van der Waals surface area contributed by atoms with Gasteiger partial charge in [0, 0.05) is 6.04 Å². The van der Waals surface area contributed by atoms with Gasteiger partial charge >= 0.3 is 0 Å². The van der Waals surface area contributed by atoms with Crippen molar-refractivity contribution in [3.05, 3.63) is 0 Å². The topological polar surface area (TPSA) is 12.0 Å². The molecule has 3 saturated carbocycles. The van der Waals surface area contributed by atoms with Gasteiger partial charge in [0.1, 0.15) is 0 Å². The number of hydrogen-bond acceptors (Lipinski definition) is 1. The molecule has 0 saturated heterocycles. The van der Waals surface area contributed by atoms with Crippen molar-refractivity contribution in [1.82, 2.24) is 5.32 Å². The molecule has 1 nitrogen and oxygen atoms in total. The predicted molar refractivity (Wildman–Crippen MR) is 72.9 cm³/mol. The Hall–Kier alpha value is -0.0400. The van der Waals surface area contributed by atoms with Crippen LogP contribution in [0.25, 0.3) is 0 Å². The normalized spacial score (nSPS) is 45.4. The van der Waals surface area contributed by atoms with E-state index in [0.29, 0.717) is 5.41 Å². The smallest absolute Gasteiger partial charge is 0.0128 e. The van der Waals surface area contributed by atoms with Gasteiger partial charge < -0.3 is 5.32 Å². The van der Waals surface area contributed by atoms with Crippen LogP contribution in [-0.2, 0) is 0 Å². The van der Waals surface area contributed by atoms with Crippen LogP contribution in [0.4, 0.5) is 0 Å². The van der Waals surface area contributed by atoms with Crippen LogP contribution in [0, 0.1) is 29.1 Å². The summed E-state index contributed by atoms with van der Waals surface area (Å²) in [6.45, 7) is 5.00. The molecule has 0 aromatic heterocycles. The van der Waals surface area contributed by atoms with Crippen LogP contribution in [0.15, 0.2) is 0 Å². The van der Waals surface area contributed by atoms with Gasteiger partial charge in [0.2, 0.25) is 0 Å². The molecule has 1 heteroatoms. The molecule has 3 fully saturated rings. The monoisotopic (exact) mass is 235 g/mol. The third kappa shape index (κ3) is 1.95. The summed E-state index contributed by atoms with van der Waals surface area (Å²) in [7, 11) is 2.21. The van der Waals surface area contributed by atoms with Gasteiger partial charge in [-0.15, -0.1) is 0 Å². The fourth-order valence-electron chi connectivity index (χ4n) is 5.47. The Morgan fingerprint density at radius 3 is 2.41 bits per heavy atom. The van der Waals surface area contributed by atoms with E-state index in [4.69, 9.17) is 0 Å². The Balaban J connectivity index is 1.75. The maximum Gasteiger partial charge on any atom is 0.0128 e. The molecule has 3 aliphatic rings. The first kappa shape index (κ1) is 12.0. The van der Waals surface area contributed by atoms with Crippen molar-refractivity contribution in [2.45, 2.75) is 64.8 Å². The fourth-order valence-corrected chi connectivity index (χ4v) is 5.47. The lowest BCUT2D eigenvalue weighted by Crippen LogP contribution is -2.45. The van der Waals surface area contributed by atoms with E-state index < -0.39 is 0 Å². The summed E-state index contributed by atoms with van der Waals surface area (Å²) in [5.74, 6) is 4.08. The van der Waals surface area contributed by atoms with E-state index in [1.165, 1.54) is 38.5 Å². The lowest BCUT2D eigenvalue weighted by atomic mass is 9.70. The first-order valence-corrected chi connectivity index (χ1v) is 7.79. The average molecular weight is 235 g/mol. The lowest BCUT2D eigenvalue weighted by Gasteiger charge is -2.40. The second-order valence-corrected chi connectivity index (χ2v) is 7.64. The Labute approximate surface area is 107 Å². The van der Waals surface area contributed by atoms with Crippen LogP contribution in [0.1, 0.15) is 58.8 Å². The molecule has 0 aliphatic heterocycles. The number of rotatable bonds is 3. The highest BCUT2D eigenvalue weighted by molar-refractivity contribution is 5.01. The zero-order valence-electron chi connectivity index (χ0n) is 11.8. The molecule has 3 aliphatic carbocycles. The minimum atomic E-state index is 0.579.